The van der Waals surface area contributed by atoms with Gasteiger partial charge >= 0.3 is 0 Å². The Morgan fingerprint density at radius 1 is 1.32 bits per heavy atom. The van der Waals surface area contributed by atoms with Crippen LogP contribution in [0, 0.1) is 17.0 Å². The summed E-state index contributed by atoms with van der Waals surface area (Å²) in [5, 5.41) is 13.5. The van der Waals surface area contributed by atoms with Gasteiger partial charge in [-0.1, -0.05) is 6.07 Å². The van der Waals surface area contributed by atoms with Gasteiger partial charge in [-0.15, -0.1) is 12.4 Å². The topological polar surface area (TPSA) is 101 Å². The molecule has 0 bridgehead atoms. The van der Waals surface area contributed by atoms with E-state index in [9.17, 15) is 18.5 Å². The molecule has 0 aromatic heterocycles. The third kappa shape index (κ3) is 4.75. The van der Waals surface area contributed by atoms with Gasteiger partial charge in [-0.25, -0.2) is 13.1 Å². The largest absolute Gasteiger partial charge is 0.318 e. The first-order valence-corrected chi connectivity index (χ1v) is 6.76. The Morgan fingerprint density at radius 3 is 2.47 bits per heavy atom. The fraction of sp³-hybridized carbons (Fsp3) is 0.400. The molecule has 0 heterocycles. The van der Waals surface area contributed by atoms with E-state index in [0.29, 0.717) is 12.1 Å². The second-order valence-corrected chi connectivity index (χ2v) is 5.47. The van der Waals surface area contributed by atoms with Crippen LogP contribution in [0.1, 0.15) is 5.56 Å². The minimum atomic E-state index is -3.70. The molecular weight excluding hydrogens is 294 g/mol. The van der Waals surface area contributed by atoms with Gasteiger partial charge < -0.3 is 5.32 Å². The van der Waals surface area contributed by atoms with E-state index in [4.69, 9.17) is 0 Å². The van der Waals surface area contributed by atoms with Crippen molar-refractivity contribution in [2.75, 3.05) is 20.1 Å². The molecule has 2 N–H and O–H groups in total. The number of hydrogen-bond acceptors (Lipinski definition) is 5. The molecule has 0 aliphatic rings. The summed E-state index contributed by atoms with van der Waals surface area (Å²) in [6.45, 7) is 2.26. The maximum Gasteiger partial charge on any atom is 0.273 e. The molecule has 9 heteroatoms. The molecule has 0 aliphatic carbocycles. The number of benzene rings is 1. The van der Waals surface area contributed by atoms with Crippen LogP contribution in [0.2, 0.25) is 0 Å². The van der Waals surface area contributed by atoms with Gasteiger partial charge in [0.25, 0.3) is 5.69 Å². The Labute approximate surface area is 118 Å². The third-order valence-electron chi connectivity index (χ3n) is 2.35. The van der Waals surface area contributed by atoms with E-state index in [2.05, 4.69) is 10.0 Å². The Hall–Kier alpha value is -1.22. The fourth-order valence-electron chi connectivity index (χ4n) is 1.35. The average molecular weight is 310 g/mol. The summed E-state index contributed by atoms with van der Waals surface area (Å²) in [4.78, 5) is 10.0. The van der Waals surface area contributed by atoms with Crippen LogP contribution in [-0.4, -0.2) is 33.5 Å². The highest BCUT2D eigenvalue weighted by atomic mass is 35.5. The van der Waals surface area contributed by atoms with Gasteiger partial charge in [0.05, 0.1) is 9.82 Å². The monoisotopic (exact) mass is 309 g/mol. The minimum Gasteiger partial charge on any atom is -0.318 e. The fourth-order valence-corrected chi connectivity index (χ4v) is 2.40. The van der Waals surface area contributed by atoms with Crippen LogP contribution in [0.25, 0.3) is 0 Å². The highest BCUT2D eigenvalue weighted by Gasteiger charge is 2.19. The van der Waals surface area contributed by atoms with Gasteiger partial charge in [-0.2, -0.15) is 0 Å². The van der Waals surface area contributed by atoms with E-state index in [-0.39, 0.29) is 29.5 Å². The summed E-state index contributed by atoms with van der Waals surface area (Å²) >= 11 is 0. The van der Waals surface area contributed by atoms with Gasteiger partial charge in [-0.3, -0.25) is 10.1 Å². The van der Waals surface area contributed by atoms with Crippen molar-refractivity contribution < 1.29 is 13.3 Å². The van der Waals surface area contributed by atoms with E-state index >= 15 is 0 Å². The van der Waals surface area contributed by atoms with Crippen molar-refractivity contribution in [2.45, 2.75) is 11.8 Å². The van der Waals surface area contributed by atoms with Crippen molar-refractivity contribution in [3.05, 3.63) is 33.9 Å². The molecule has 0 saturated heterocycles. The lowest BCUT2D eigenvalue weighted by molar-refractivity contribution is -0.385. The molecule has 0 spiro atoms. The first-order valence-electron chi connectivity index (χ1n) is 5.28. The standard InChI is InChI=1S/C10H15N3O4S.ClH/c1-8-3-4-9(7-10(8)13(14)15)18(16,17)12-6-5-11-2;/h3-4,7,11-12H,5-6H2,1-2H3;1H. The smallest absolute Gasteiger partial charge is 0.273 e. The molecule has 0 radical (unpaired) electrons. The van der Waals surface area contributed by atoms with Crippen molar-refractivity contribution in [2.24, 2.45) is 0 Å². The van der Waals surface area contributed by atoms with Crippen molar-refractivity contribution in [3.63, 3.8) is 0 Å². The van der Waals surface area contributed by atoms with E-state index in [1.54, 1.807) is 14.0 Å². The Bertz CT molecular complexity index is 548. The highest BCUT2D eigenvalue weighted by molar-refractivity contribution is 7.89. The number of halogens is 1. The molecule has 0 aliphatic heterocycles. The molecule has 1 aromatic rings. The van der Waals surface area contributed by atoms with Crippen molar-refractivity contribution in [1.29, 1.82) is 0 Å². The Balaban J connectivity index is 0.00000324. The van der Waals surface area contributed by atoms with Crippen LogP contribution in [0.4, 0.5) is 5.69 Å². The normalized spacial score (nSPS) is 10.8. The molecule has 0 amide bonds. The molecular formula is C10H16ClN3O4S. The molecule has 0 unspecified atom stereocenters. The molecule has 0 saturated carbocycles. The highest BCUT2D eigenvalue weighted by Crippen LogP contribution is 2.21. The summed E-state index contributed by atoms with van der Waals surface area (Å²) in [5.41, 5.74) is 0.223. The summed E-state index contributed by atoms with van der Waals surface area (Å²) in [6, 6.07) is 3.84. The summed E-state index contributed by atoms with van der Waals surface area (Å²) in [6.07, 6.45) is 0. The van der Waals surface area contributed by atoms with Gasteiger partial charge in [0.1, 0.15) is 0 Å². The van der Waals surface area contributed by atoms with Gasteiger partial charge in [0, 0.05) is 24.7 Å². The van der Waals surface area contributed by atoms with E-state index in [0.717, 1.165) is 6.07 Å². The van der Waals surface area contributed by atoms with Crippen molar-refractivity contribution >= 4 is 28.1 Å². The van der Waals surface area contributed by atoms with Crippen LogP contribution in [0.15, 0.2) is 23.1 Å². The predicted octanol–water partition coefficient (Wildman–Crippen LogP) is 0.823. The molecule has 108 valence electrons. The number of nitrogens with one attached hydrogen (secondary N) is 2. The zero-order valence-electron chi connectivity index (χ0n) is 10.5. The predicted molar refractivity (Wildman–Crippen MR) is 74.2 cm³/mol. The van der Waals surface area contributed by atoms with E-state index in [1.165, 1.54) is 12.1 Å². The van der Waals surface area contributed by atoms with Crippen LogP contribution < -0.4 is 10.0 Å². The average Bonchev–Trinajstić information content (AvgIpc) is 2.29. The zero-order chi connectivity index (χ0) is 13.8. The van der Waals surface area contributed by atoms with Gasteiger partial charge in [-0.05, 0) is 20.0 Å². The van der Waals surface area contributed by atoms with Crippen LogP contribution in [-0.2, 0) is 10.0 Å². The van der Waals surface area contributed by atoms with Gasteiger partial charge in [0.15, 0.2) is 0 Å². The number of nitro benzene ring substituents is 1. The first kappa shape index (κ1) is 17.8. The number of nitro groups is 1. The molecule has 0 atom stereocenters. The second-order valence-electron chi connectivity index (χ2n) is 3.71. The number of likely N-dealkylation sites (N-methyl/N-ethyl adjacent to an activating group) is 1. The Kier molecular flexibility index (Phi) is 6.91. The Morgan fingerprint density at radius 2 is 1.95 bits per heavy atom. The maximum absolute atomic E-state index is 11.8. The zero-order valence-corrected chi connectivity index (χ0v) is 12.2. The van der Waals surface area contributed by atoms with Crippen molar-refractivity contribution in [1.82, 2.24) is 10.0 Å². The molecule has 1 aromatic carbocycles. The van der Waals surface area contributed by atoms with E-state index in [1.807, 2.05) is 0 Å². The molecule has 0 fully saturated rings. The number of hydrogen-bond donors (Lipinski definition) is 2. The lowest BCUT2D eigenvalue weighted by Crippen LogP contribution is -2.30. The van der Waals surface area contributed by atoms with Crippen molar-refractivity contribution in [3.8, 4) is 0 Å². The van der Waals surface area contributed by atoms with Crippen LogP contribution >= 0.6 is 12.4 Å². The van der Waals surface area contributed by atoms with Crippen LogP contribution in [0.3, 0.4) is 0 Å². The lowest BCUT2D eigenvalue weighted by atomic mass is 10.2. The molecule has 1 rings (SSSR count). The number of rotatable bonds is 6. The minimum absolute atomic E-state index is 0. The molecule has 7 nitrogen and oxygen atoms in total. The summed E-state index contributed by atoms with van der Waals surface area (Å²) < 4.78 is 26.0. The third-order valence-corrected chi connectivity index (χ3v) is 3.81. The number of aryl methyl sites for hydroxylation is 1. The van der Waals surface area contributed by atoms with Crippen LogP contribution in [0.5, 0.6) is 0 Å². The summed E-state index contributed by atoms with van der Waals surface area (Å²) in [5.74, 6) is 0. The number of sulfonamides is 1. The second kappa shape index (κ2) is 7.39. The van der Waals surface area contributed by atoms with Gasteiger partial charge in [0.2, 0.25) is 10.0 Å². The lowest BCUT2D eigenvalue weighted by Gasteiger charge is -2.07. The molecule has 19 heavy (non-hydrogen) atoms. The summed E-state index contributed by atoms with van der Waals surface area (Å²) in [7, 11) is -2.00. The first-order chi connectivity index (χ1) is 8.38. The van der Waals surface area contributed by atoms with E-state index < -0.39 is 14.9 Å². The quantitative estimate of drug-likeness (QED) is 0.460. The SMILES string of the molecule is CNCCNS(=O)(=O)c1ccc(C)c([N+](=O)[O-])c1.Cl. The maximum atomic E-state index is 11.8. The number of nitrogens with zero attached hydrogens (tertiary/aromatic N) is 1.